The van der Waals surface area contributed by atoms with Crippen LogP contribution in [0.25, 0.3) is 11.2 Å². The van der Waals surface area contributed by atoms with Gasteiger partial charge in [0.05, 0.1) is 31.8 Å². The number of nitrogens with one attached hydrogen (secondary N) is 3. The molecule has 2 aromatic rings. The lowest BCUT2D eigenvalue weighted by Gasteiger charge is -2.26. The topological polar surface area (TPSA) is 172 Å². The van der Waals surface area contributed by atoms with Gasteiger partial charge in [-0.1, -0.05) is 0 Å². The van der Waals surface area contributed by atoms with Crippen molar-refractivity contribution in [2.45, 2.75) is 65.2 Å². The number of esters is 2. The number of nitrogens with two attached hydrogens (primary N) is 1. The van der Waals surface area contributed by atoms with Gasteiger partial charge in [-0.2, -0.15) is 0 Å². The lowest BCUT2D eigenvalue weighted by molar-refractivity contribution is -0.145. The SMILES string of the molecule is CCOC(=O)C(C)NP(=O)(COCCn1cnc2c(NC3CC3)cc(N)nc21)NC(C)C(=O)OCC. The van der Waals surface area contributed by atoms with E-state index in [2.05, 4.69) is 25.5 Å². The Morgan fingerprint density at radius 1 is 1.17 bits per heavy atom. The Balaban J connectivity index is 1.64. The first kappa shape index (κ1) is 27.9. The first-order chi connectivity index (χ1) is 17.2. The summed E-state index contributed by atoms with van der Waals surface area (Å²) in [4.78, 5) is 33.0. The quantitative estimate of drug-likeness (QED) is 0.151. The van der Waals surface area contributed by atoms with Crippen LogP contribution >= 0.6 is 7.44 Å². The Bertz CT molecular complexity index is 1080. The first-order valence-electron chi connectivity index (χ1n) is 12.1. The maximum absolute atomic E-state index is 13.6. The van der Waals surface area contributed by atoms with Gasteiger partial charge in [-0.3, -0.25) is 14.2 Å². The van der Waals surface area contributed by atoms with Gasteiger partial charge in [0.1, 0.15) is 29.8 Å². The number of nitrogens with zero attached hydrogens (tertiary/aromatic N) is 3. The minimum Gasteiger partial charge on any atom is -0.465 e. The predicted octanol–water partition coefficient (Wildman–Crippen LogP) is 1.84. The van der Waals surface area contributed by atoms with Crippen LogP contribution in [0.1, 0.15) is 40.5 Å². The highest BCUT2D eigenvalue weighted by Crippen LogP contribution is 2.38. The molecule has 1 saturated carbocycles. The summed E-state index contributed by atoms with van der Waals surface area (Å²) in [6, 6.07) is 0.441. The number of nitrogen functional groups attached to an aromatic ring is 1. The highest BCUT2D eigenvalue weighted by molar-refractivity contribution is 7.59. The first-order valence-corrected chi connectivity index (χ1v) is 14.0. The number of hydrogen-bond donors (Lipinski definition) is 4. The van der Waals surface area contributed by atoms with E-state index in [4.69, 9.17) is 19.9 Å². The Hall–Kier alpha value is -2.73. The van der Waals surface area contributed by atoms with Gasteiger partial charge in [0.2, 0.25) is 7.44 Å². The molecule has 5 N–H and O–H groups in total. The molecular weight excluding hydrogens is 489 g/mol. The van der Waals surface area contributed by atoms with Crippen molar-refractivity contribution >= 4 is 42.1 Å². The van der Waals surface area contributed by atoms with Gasteiger partial charge in [-0.25, -0.2) is 20.1 Å². The smallest absolute Gasteiger partial charge is 0.323 e. The van der Waals surface area contributed by atoms with E-state index in [1.54, 1.807) is 30.8 Å². The number of aromatic nitrogens is 3. The summed E-state index contributed by atoms with van der Waals surface area (Å²) in [7, 11) is -3.56. The Morgan fingerprint density at radius 3 is 2.33 bits per heavy atom. The minimum absolute atomic E-state index is 0.169. The molecule has 2 heterocycles. The molecule has 0 spiro atoms. The van der Waals surface area contributed by atoms with Crippen LogP contribution < -0.4 is 21.2 Å². The molecule has 2 aromatic heterocycles. The number of anilines is 2. The highest BCUT2D eigenvalue weighted by Gasteiger charge is 2.32. The van der Waals surface area contributed by atoms with Crippen molar-refractivity contribution in [1.82, 2.24) is 24.7 Å². The summed E-state index contributed by atoms with van der Waals surface area (Å²) >= 11 is 0. The summed E-state index contributed by atoms with van der Waals surface area (Å²) in [5.74, 6) is -0.743. The standard InChI is InChI=1S/C22H36N7O6P/c1-5-34-21(30)14(3)27-36(32,28-15(4)22(31)35-6-2)13-33-10-9-29-12-24-19-17(25-16-7-8-16)11-18(23)26-20(19)29/h11-12,14-16H,5-10,13H2,1-4H3,(H3,23,25,26)(H2,27,28,32). The third-order valence-electron chi connectivity index (χ3n) is 5.36. The fourth-order valence-corrected chi connectivity index (χ4v) is 5.58. The number of fused-ring (bicyclic) bond motifs is 1. The summed E-state index contributed by atoms with van der Waals surface area (Å²) in [5, 5.41) is 8.91. The second kappa shape index (κ2) is 12.5. The lowest BCUT2D eigenvalue weighted by Crippen LogP contribution is -2.42. The van der Waals surface area contributed by atoms with Crippen molar-refractivity contribution in [3.63, 3.8) is 0 Å². The van der Waals surface area contributed by atoms with Crippen molar-refractivity contribution < 1.29 is 28.4 Å². The van der Waals surface area contributed by atoms with Gasteiger partial charge in [0, 0.05) is 18.7 Å². The second-order valence-electron chi connectivity index (χ2n) is 8.61. The van der Waals surface area contributed by atoms with Crippen LogP contribution in [0.3, 0.4) is 0 Å². The number of carbonyl (C=O) groups is 2. The Morgan fingerprint density at radius 2 is 1.78 bits per heavy atom. The van der Waals surface area contributed by atoms with E-state index in [9.17, 15) is 14.2 Å². The highest BCUT2D eigenvalue weighted by atomic mass is 31.2. The van der Waals surface area contributed by atoms with Crippen LogP contribution in [0.4, 0.5) is 11.5 Å². The van der Waals surface area contributed by atoms with Crippen molar-refractivity contribution in [3.8, 4) is 0 Å². The van der Waals surface area contributed by atoms with Crippen LogP contribution in [-0.4, -0.2) is 70.8 Å². The van der Waals surface area contributed by atoms with Crippen LogP contribution in [0.15, 0.2) is 12.4 Å². The number of rotatable bonds is 15. The molecule has 0 aromatic carbocycles. The molecule has 36 heavy (non-hydrogen) atoms. The van der Waals surface area contributed by atoms with E-state index in [0.29, 0.717) is 24.1 Å². The minimum atomic E-state index is -3.56. The molecule has 2 unspecified atom stereocenters. The van der Waals surface area contributed by atoms with Crippen LogP contribution in [0.5, 0.6) is 0 Å². The monoisotopic (exact) mass is 525 g/mol. The van der Waals surface area contributed by atoms with E-state index in [1.807, 2.05) is 0 Å². The molecule has 0 radical (unpaired) electrons. The Kier molecular flexibility index (Phi) is 9.66. The Labute approximate surface area is 210 Å². The molecule has 0 amide bonds. The summed E-state index contributed by atoms with van der Waals surface area (Å²) in [5.41, 5.74) is 8.18. The van der Waals surface area contributed by atoms with Gasteiger partial charge in [-0.15, -0.1) is 0 Å². The molecule has 200 valence electrons. The molecule has 0 aliphatic heterocycles. The molecule has 1 aliphatic rings. The van der Waals surface area contributed by atoms with E-state index < -0.39 is 31.5 Å². The largest absolute Gasteiger partial charge is 0.465 e. The molecular formula is C22H36N7O6P. The van der Waals surface area contributed by atoms with Crippen LogP contribution in [0.2, 0.25) is 0 Å². The van der Waals surface area contributed by atoms with E-state index in [-0.39, 0.29) is 26.2 Å². The zero-order valence-corrected chi connectivity index (χ0v) is 22.0. The lowest BCUT2D eigenvalue weighted by atomic mass is 10.3. The van der Waals surface area contributed by atoms with Crippen molar-refractivity contribution in [2.75, 3.05) is 37.2 Å². The zero-order chi connectivity index (χ0) is 26.3. The molecule has 1 aliphatic carbocycles. The average molecular weight is 526 g/mol. The molecule has 0 bridgehead atoms. The maximum Gasteiger partial charge on any atom is 0.323 e. The number of carbonyl (C=O) groups excluding carboxylic acids is 2. The van der Waals surface area contributed by atoms with Crippen molar-refractivity contribution in [2.24, 2.45) is 0 Å². The third-order valence-corrected chi connectivity index (χ3v) is 7.52. The van der Waals surface area contributed by atoms with Gasteiger partial charge in [-0.05, 0) is 40.5 Å². The van der Waals surface area contributed by atoms with Gasteiger partial charge in [0.25, 0.3) is 0 Å². The molecule has 3 rings (SSSR count). The van der Waals surface area contributed by atoms with Gasteiger partial charge >= 0.3 is 11.9 Å². The predicted molar refractivity (Wildman–Crippen MR) is 135 cm³/mol. The maximum atomic E-state index is 13.6. The fraction of sp³-hybridized carbons (Fsp3) is 0.636. The number of pyridine rings is 1. The molecule has 14 heteroatoms. The third kappa shape index (κ3) is 7.63. The molecule has 13 nitrogen and oxygen atoms in total. The molecule has 2 atom stereocenters. The summed E-state index contributed by atoms with van der Waals surface area (Å²) in [6.45, 7) is 7.34. The van der Waals surface area contributed by atoms with E-state index in [0.717, 1.165) is 24.0 Å². The fourth-order valence-electron chi connectivity index (χ4n) is 3.51. The number of hydrogen-bond acceptors (Lipinski definition) is 10. The average Bonchev–Trinajstić information content (AvgIpc) is 3.54. The number of imidazole rings is 1. The number of ether oxygens (including phenoxy) is 3. The summed E-state index contributed by atoms with van der Waals surface area (Å²) in [6.07, 6.45) is 3.60. The summed E-state index contributed by atoms with van der Waals surface area (Å²) < 4.78 is 31.1. The van der Waals surface area contributed by atoms with Crippen molar-refractivity contribution in [1.29, 1.82) is 0 Å². The normalized spacial score (nSPS) is 16.8. The van der Waals surface area contributed by atoms with Gasteiger partial charge in [0.15, 0.2) is 5.65 Å². The van der Waals surface area contributed by atoms with Crippen molar-refractivity contribution in [3.05, 3.63) is 12.4 Å². The van der Waals surface area contributed by atoms with Gasteiger partial charge < -0.3 is 29.8 Å². The van der Waals surface area contributed by atoms with Crippen LogP contribution in [0, 0.1) is 0 Å². The molecule has 1 fully saturated rings. The van der Waals surface area contributed by atoms with E-state index >= 15 is 0 Å². The van der Waals surface area contributed by atoms with E-state index in [1.165, 1.54) is 13.8 Å². The second-order valence-corrected chi connectivity index (χ2v) is 10.9. The van der Waals surface area contributed by atoms with Crippen LogP contribution in [-0.2, 0) is 34.9 Å². The zero-order valence-electron chi connectivity index (χ0n) is 21.2. The molecule has 0 saturated heterocycles.